The molecule has 0 atom stereocenters. The zero-order chi connectivity index (χ0) is 12.7. The average Bonchev–Trinajstić information content (AvgIpc) is 2.31. The summed E-state index contributed by atoms with van der Waals surface area (Å²) in [6.07, 6.45) is 3.78. The molecule has 1 aromatic heterocycles. The van der Waals surface area contributed by atoms with Crippen molar-refractivity contribution in [2.75, 3.05) is 18.5 Å². The second-order valence-corrected chi connectivity index (χ2v) is 3.82. The molecule has 0 saturated carbocycles. The van der Waals surface area contributed by atoms with Crippen molar-refractivity contribution in [2.24, 2.45) is 0 Å². The van der Waals surface area contributed by atoms with E-state index in [0.29, 0.717) is 7.15 Å². The third kappa shape index (κ3) is 3.91. The van der Waals surface area contributed by atoms with Gasteiger partial charge in [0, 0.05) is 19.3 Å². The molecule has 1 aliphatic rings. The summed E-state index contributed by atoms with van der Waals surface area (Å²) >= 11 is 0. The maximum absolute atomic E-state index is 9.07. The van der Waals surface area contributed by atoms with E-state index in [2.05, 4.69) is 36.0 Å². The Balaban J connectivity index is 0.000000249. The van der Waals surface area contributed by atoms with Gasteiger partial charge in [0.05, 0.1) is 11.4 Å². The van der Waals surface area contributed by atoms with Gasteiger partial charge in [-0.1, -0.05) is 0 Å². The van der Waals surface area contributed by atoms with E-state index in [1.807, 2.05) is 0 Å². The first-order valence-corrected chi connectivity index (χ1v) is 5.45. The number of aliphatic hydroxyl groups is 1. The first kappa shape index (κ1) is 13.2. The van der Waals surface area contributed by atoms with Gasteiger partial charge < -0.3 is 4.90 Å². The number of hydrogen-bond donors (Lipinski definition) is 1. The molecule has 5 heteroatoms. The normalized spacial score (nSPS) is 12.2. The molecule has 1 aliphatic heterocycles. The van der Waals surface area contributed by atoms with Crippen LogP contribution in [0.5, 0.6) is 0 Å². The molecule has 0 bridgehead atoms. The molecule has 17 heavy (non-hydrogen) atoms. The first-order valence-electron chi connectivity index (χ1n) is 5.45. The quantitative estimate of drug-likeness (QED) is 0.535. The van der Waals surface area contributed by atoms with Crippen LogP contribution < -0.4 is 4.90 Å². The Morgan fingerprint density at radius 2 is 2.29 bits per heavy atom. The molecule has 0 aromatic carbocycles. The Morgan fingerprint density at radius 3 is 2.88 bits per heavy atom. The molecule has 0 radical (unpaired) electrons. The number of hydrogen-bond acceptors (Lipinski definition) is 4. The molecule has 0 saturated heterocycles. The topological polar surface area (TPSA) is 53.4 Å². The Kier molecular flexibility index (Phi) is 5.21. The number of rotatable bonds is 0. The number of aromatic nitrogens is 1. The van der Waals surface area contributed by atoms with Crippen LogP contribution in [0.1, 0.15) is 17.8 Å². The Bertz CT molecular complexity index is 452. The van der Waals surface area contributed by atoms with Crippen molar-refractivity contribution in [3.63, 3.8) is 0 Å². The first-order chi connectivity index (χ1) is 8.19. The van der Waals surface area contributed by atoms with Crippen LogP contribution >= 0.6 is 0 Å². The van der Waals surface area contributed by atoms with E-state index < -0.39 is 0 Å². The van der Waals surface area contributed by atoms with Crippen LogP contribution in [0.25, 0.3) is 0 Å². The van der Waals surface area contributed by atoms with Gasteiger partial charge in [0.2, 0.25) is 0 Å². The van der Waals surface area contributed by atoms with Crippen molar-refractivity contribution in [2.45, 2.75) is 19.8 Å². The number of pyridine rings is 1. The minimum atomic E-state index is 0.319. The molecule has 0 aliphatic carbocycles. The molecule has 1 N–H and O–H groups in total. The third-order valence-corrected chi connectivity index (χ3v) is 2.53. The van der Waals surface area contributed by atoms with Crippen LogP contribution in [0.2, 0.25) is 0 Å². The molecular formula is C12H15BN2O2. The van der Waals surface area contributed by atoms with Gasteiger partial charge in [-0.2, -0.15) is 0 Å². The van der Waals surface area contributed by atoms with Crippen molar-refractivity contribution in [3.8, 4) is 11.9 Å². The minimum absolute atomic E-state index is 0.319. The fourth-order valence-corrected chi connectivity index (χ4v) is 1.77. The SMILES string of the molecule is Cc1ccc2c(n1)CCCN2C.O=BC#CO. The summed E-state index contributed by atoms with van der Waals surface area (Å²) in [5, 5.41) is 7.47. The number of anilines is 1. The van der Waals surface area contributed by atoms with E-state index in [-0.39, 0.29) is 0 Å². The van der Waals surface area contributed by atoms with Crippen LogP contribution in [-0.4, -0.2) is 30.8 Å². The van der Waals surface area contributed by atoms with E-state index in [1.54, 1.807) is 5.82 Å². The van der Waals surface area contributed by atoms with Crippen molar-refractivity contribution >= 4 is 12.8 Å². The predicted molar refractivity (Wildman–Crippen MR) is 66.7 cm³/mol. The summed E-state index contributed by atoms with van der Waals surface area (Å²) in [4.78, 5) is 6.81. The molecule has 0 fully saturated rings. The Morgan fingerprint density at radius 1 is 1.53 bits per heavy atom. The molecule has 0 unspecified atom stereocenters. The molecule has 88 valence electrons. The van der Waals surface area contributed by atoms with Crippen LogP contribution in [-0.2, 0) is 11.1 Å². The van der Waals surface area contributed by atoms with E-state index in [0.717, 1.165) is 18.7 Å². The number of aryl methyl sites for hydroxylation is 2. The van der Waals surface area contributed by atoms with E-state index >= 15 is 0 Å². The van der Waals surface area contributed by atoms with Gasteiger partial charge in [-0.3, -0.25) is 4.98 Å². The van der Waals surface area contributed by atoms with Crippen LogP contribution in [0, 0.1) is 18.9 Å². The molecule has 1 aromatic rings. The average molecular weight is 230 g/mol. The Labute approximate surface area is 102 Å². The maximum atomic E-state index is 9.07. The van der Waals surface area contributed by atoms with Crippen LogP contribution in [0.4, 0.5) is 5.69 Å². The number of nitrogens with zero attached hydrogens (tertiary/aromatic N) is 2. The zero-order valence-corrected chi connectivity index (χ0v) is 10.1. The molecule has 4 nitrogen and oxygen atoms in total. The van der Waals surface area contributed by atoms with Crippen molar-refractivity contribution in [1.82, 2.24) is 4.98 Å². The van der Waals surface area contributed by atoms with Gasteiger partial charge in [0.15, 0.2) is 0 Å². The van der Waals surface area contributed by atoms with Crippen LogP contribution in [0.15, 0.2) is 12.1 Å². The van der Waals surface area contributed by atoms with Gasteiger partial charge in [0.1, 0.15) is 0 Å². The molecule has 2 rings (SSSR count). The van der Waals surface area contributed by atoms with Gasteiger partial charge in [-0.05, 0) is 31.9 Å². The van der Waals surface area contributed by atoms with E-state index in [9.17, 15) is 0 Å². The fraction of sp³-hybridized carbons (Fsp3) is 0.417. The summed E-state index contributed by atoms with van der Waals surface area (Å²) in [6, 6.07) is 4.26. The van der Waals surface area contributed by atoms with Crippen molar-refractivity contribution in [1.29, 1.82) is 0 Å². The van der Waals surface area contributed by atoms with E-state index in [1.165, 1.54) is 23.9 Å². The molecular weight excluding hydrogens is 215 g/mol. The van der Waals surface area contributed by atoms with Gasteiger partial charge in [0.25, 0.3) is 0 Å². The third-order valence-electron chi connectivity index (χ3n) is 2.53. The zero-order valence-electron chi connectivity index (χ0n) is 10.1. The Hall–Kier alpha value is -1.83. The predicted octanol–water partition coefficient (Wildman–Crippen LogP) is 1.10. The van der Waals surface area contributed by atoms with Crippen molar-refractivity contribution in [3.05, 3.63) is 23.5 Å². The fourth-order valence-electron chi connectivity index (χ4n) is 1.77. The standard InChI is InChI=1S/C10H14N2.C2HBO2/c1-8-5-6-10-9(11-8)4-3-7-12(10)2;4-2-1-3-5/h5-6H,3-4,7H2,1-2H3;4H. The van der Waals surface area contributed by atoms with Gasteiger partial charge >= 0.3 is 28.9 Å². The summed E-state index contributed by atoms with van der Waals surface area (Å²) in [6.45, 7) is 3.21. The number of fused-ring (bicyclic) bond motifs is 1. The van der Waals surface area contributed by atoms with Gasteiger partial charge in [-0.25, -0.2) is 0 Å². The number of aliphatic hydroxyl groups excluding tert-OH is 1. The van der Waals surface area contributed by atoms with E-state index in [4.69, 9.17) is 9.81 Å². The second kappa shape index (κ2) is 6.69. The summed E-state index contributed by atoms with van der Waals surface area (Å²) in [7, 11) is 2.45. The second-order valence-electron chi connectivity index (χ2n) is 3.82. The van der Waals surface area contributed by atoms with Crippen LogP contribution in [0.3, 0.4) is 0 Å². The van der Waals surface area contributed by atoms with Crippen molar-refractivity contribution < 1.29 is 9.81 Å². The molecule has 0 spiro atoms. The summed E-state index contributed by atoms with van der Waals surface area (Å²) in [5.41, 5.74) is 3.71. The summed E-state index contributed by atoms with van der Waals surface area (Å²) in [5.74, 6) is 1.74. The summed E-state index contributed by atoms with van der Waals surface area (Å²) < 4.78 is 9.07. The monoisotopic (exact) mass is 230 g/mol. The molecule has 2 heterocycles. The molecule has 0 amide bonds. The van der Waals surface area contributed by atoms with Gasteiger partial charge in [-0.15, -0.1) is 0 Å².